The summed E-state index contributed by atoms with van der Waals surface area (Å²) in [5.74, 6) is -0.686. The number of para-hydroxylation sites is 1. The quantitative estimate of drug-likeness (QED) is 0.499. The van der Waals surface area contributed by atoms with Crippen molar-refractivity contribution in [1.29, 1.82) is 0 Å². The molecule has 1 amide bonds. The van der Waals surface area contributed by atoms with Gasteiger partial charge in [0.25, 0.3) is 11.6 Å². The Hall–Kier alpha value is -3.36. The van der Waals surface area contributed by atoms with Gasteiger partial charge >= 0.3 is 6.61 Å². The first-order valence-electron chi connectivity index (χ1n) is 6.59. The molecule has 9 heteroatoms. The number of hydrogen-bond acceptors (Lipinski definition) is 5. The Labute approximate surface area is 134 Å². The maximum atomic E-state index is 12.3. The van der Waals surface area contributed by atoms with E-state index in [1.54, 1.807) is 6.07 Å². The summed E-state index contributed by atoms with van der Waals surface area (Å²) in [6, 6.07) is 10.9. The molecule has 0 spiro atoms. The molecule has 7 nitrogen and oxygen atoms in total. The third-order valence-corrected chi connectivity index (χ3v) is 2.85. The van der Waals surface area contributed by atoms with Crippen LogP contribution in [0.15, 0.2) is 53.6 Å². The van der Waals surface area contributed by atoms with E-state index < -0.39 is 17.4 Å². The van der Waals surface area contributed by atoms with Gasteiger partial charge in [-0.25, -0.2) is 5.43 Å². The Kier molecular flexibility index (Phi) is 5.50. The summed E-state index contributed by atoms with van der Waals surface area (Å²) in [6.45, 7) is -2.98. The van der Waals surface area contributed by atoms with Crippen molar-refractivity contribution >= 4 is 17.8 Å². The van der Waals surface area contributed by atoms with Crippen LogP contribution in [0.3, 0.4) is 0 Å². The summed E-state index contributed by atoms with van der Waals surface area (Å²) in [7, 11) is 0. The van der Waals surface area contributed by atoms with Gasteiger partial charge in [-0.1, -0.05) is 12.1 Å². The average molecular weight is 335 g/mol. The SMILES string of the molecule is O=C(N/N=C\c1ccccc1OC(F)F)c1ccc([N+](=O)[O-])cc1. The van der Waals surface area contributed by atoms with Gasteiger partial charge in [-0.2, -0.15) is 13.9 Å². The molecule has 0 aliphatic carbocycles. The monoisotopic (exact) mass is 335 g/mol. The average Bonchev–Trinajstić information content (AvgIpc) is 2.56. The smallest absolute Gasteiger partial charge is 0.387 e. The summed E-state index contributed by atoms with van der Waals surface area (Å²) in [5.41, 5.74) is 2.46. The fourth-order valence-corrected chi connectivity index (χ4v) is 1.75. The molecular formula is C15H11F2N3O4. The minimum Gasteiger partial charge on any atom is -0.434 e. The third kappa shape index (κ3) is 4.57. The van der Waals surface area contributed by atoms with E-state index in [2.05, 4.69) is 15.3 Å². The standard InChI is InChI=1S/C15H11F2N3O4/c16-15(17)24-13-4-2-1-3-11(13)9-18-19-14(21)10-5-7-12(8-6-10)20(22)23/h1-9,15H,(H,19,21)/b18-9-. The number of non-ortho nitro benzene ring substituents is 1. The van der Waals surface area contributed by atoms with Gasteiger partial charge in [-0.3, -0.25) is 14.9 Å². The number of hydrazone groups is 1. The lowest BCUT2D eigenvalue weighted by Crippen LogP contribution is -2.17. The first-order chi connectivity index (χ1) is 11.5. The highest BCUT2D eigenvalue weighted by molar-refractivity contribution is 5.95. The van der Waals surface area contributed by atoms with Crippen molar-refractivity contribution in [2.75, 3.05) is 0 Å². The molecule has 2 aromatic carbocycles. The second kappa shape index (κ2) is 7.77. The Morgan fingerprint density at radius 3 is 2.50 bits per heavy atom. The van der Waals surface area contributed by atoms with Gasteiger partial charge in [0, 0.05) is 23.3 Å². The van der Waals surface area contributed by atoms with Gasteiger partial charge in [0.15, 0.2) is 0 Å². The number of benzene rings is 2. The van der Waals surface area contributed by atoms with Crippen LogP contribution in [-0.2, 0) is 0 Å². The van der Waals surface area contributed by atoms with Crippen molar-refractivity contribution in [3.63, 3.8) is 0 Å². The predicted octanol–water partition coefficient (Wildman–Crippen LogP) is 2.96. The molecule has 0 bridgehead atoms. The number of carbonyl (C=O) groups excluding carboxylic acids is 1. The number of nitrogens with one attached hydrogen (secondary N) is 1. The van der Waals surface area contributed by atoms with E-state index in [4.69, 9.17) is 0 Å². The Balaban J connectivity index is 2.03. The van der Waals surface area contributed by atoms with Crippen LogP contribution < -0.4 is 10.2 Å². The molecule has 0 atom stereocenters. The molecule has 0 radical (unpaired) electrons. The van der Waals surface area contributed by atoms with Crippen molar-refractivity contribution in [2.24, 2.45) is 5.10 Å². The second-order valence-electron chi connectivity index (χ2n) is 4.42. The summed E-state index contributed by atoms with van der Waals surface area (Å²) in [4.78, 5) is 21.8. The molecule has 0 fully saturated rings. The highest BCUT2D eigenvalue weighted by Crippen LogP contribution is 2.18. The topological polar surface area (TPSA) is 93.8 Å². The number of alkyl halides is 2. The number of ether oxygens (including phenoxy) is 1. The summed E-state index contributed by atoms with van der Waals surface area (Å²) < 4.78 is 28.9. The number of halogens is 2. The molecule has 124 valence electrons. The lowest BCUT2D eigenvalue weighted by molar-refractivity contribution is -0.384. The molecule has 0 aliphatic heterocycles. The molecule has 2 aromatic rings. The molecule has 0 heterocycles. The molecule has 0 unspecified atom stereocenters. The number of hydrogen-bond donors (Lipinski definition) is 1. The lowest BCUT2D eigenvalue weighted by Gasteiger charge is -2.06. The Bertz CT molecular complexity index is 764. The van der Waals surface area contributed by atoms with E-state index in [-0.39, 0.29) is 22.6 Å². The molecular weight excluding hydrogens is 324 g/mol. The van der Waals surface area contributed by atoms with Crippen LogP contribution in [0.2, 0.25) is 0 Å². The van der Waals surface area contributed by atoms with Gasteiger partial charge in [0.05, 0.1) is 11.1 Å². The Morgan fingerprint density at radius 2 is 1.88 bits per heavy atom. The maximum Gasteiger partial charge on any atom is 0.387 e. The van der Waals surface area contributed by atoms with Crippen LogP contribution in [-0.4, -0.2) is 23.7 Å². The van der Waals surface area contributed by atoms with Crippen LogP contribution >= 0.6 is 0 Å². The first-order valence-corrected chi connectivity index (χ1v) is 6.59. The van der Waals surface area contributed by atoms with Gasteiger partial charge in [-0.15, -0.1) is 0 Å². The van der Waals surface area contributed by atoms with Crippen molar-refractivity contribution < 1.29 is 23.2 Å². The van der Waals surface area contributed by atoms with E-state index in [0.717, 1.165) is 6.21 Å². The number of nitro benzene ring substituents is 1. The van der Waals surface area contributed by atoms with Crippen molar-refractivity contribution in [2.45, 2.75) is 6.61 Å². The number of nitro groups is 1. The zero-order chi connectivity index (χ0) is 17.5. The first kappa shape index (κ1) is 17.0. The highest BCUT2D eigenvalue weighted by atomic mass is 19.3. The molecule has 0 aliphatic rings. The molecule has 24 heavy (non-hydrogen) atoms. The largest absolute Gasteiger partial charge is 0.434 e. The summed E-state index contributed by atoms with van der Waals surface area (Å²) in [6.07, 6.45) is 1.15. The molecule has 0 aromatic heterocycles. The van der Waals surface area contributed by atoms with Crippen LogP contribution in [0.5, 0.6) is 5.75 Å². The number of amides is 1. The van der Waals surface area contributed by atoms with Crippen LogP contribution in [0, 0.1) is 10.1 Å². The van der Waals surface area contributed by atoms with Crippen LogP contribution in [0.25, 0.3) is 0 Å². The second-order valence-corrected chi connectivity index (χ2v) is 4.42. The summed E-state index contributed by atoms with van der Waals surface area (Å²) >= 11 is 0. The van der Waals surface area contributed by atoms with Gasteiger partial charge in [0.1, 0.15) is 5.75 Å². The van der Waals surface area contributed by atoms with Crippen molar-refractivity contribution in [3.8, 4) is 5.75 Å². The van der Waals surface area contributed by atoms with E-state index in [0.29, 0.717) is 0 Å². The maximum absolute atomic E-state index is 12.3. The third-order valence-electron chi connectivity index (χ3n) is 2.85. The minimum atomic E-state index is -2.98. The van der Waals surface area contributed by atoms with Crippen molar-refractivity contribution in [3.05, 3.63) is 69.8 Å². The van der Waals surface area contributed by atoms with E-state index >= 15 is 0 Å². The normalized spacial score (nSPS) is 10.8. The van der Waals surface area contributed by atoms with Gasteiger partial charge in [0.2, 0.25) is 0 Å². The number of nitrogens with zero attached hydrogens (tertiary/aromatic N) is 2. The molecule has 1 N–H and O–H groups in total. The molecule has 0 saturated carbocycles. The van der Waals surface area contributed by atoms with E-state index in [1.807, 2.05) is 0 Å². The molecule has 0 saturated heterocycles. The molecule has 2 rings (SSSR count). The van der Waals surface area contributed by atoms with E-state index in [1.165, 1.54) is 42.5 Å². The predicted molar refractivity (Wildman–Crippen MR) is 81.2 cm³/mol. The number of rotatable bonds is 6. The van der Waals surface area contributed by atoms with Crippen LogP contribution in [0.1, 0.15) is 15.9 Å². The fourth-order valence-electron chi connectivity index (χ4n) is 1.75. The Morgan fingerprint density at radius 1 is 1.21 bits per heavy atom. The van der Waals surface area contributed by atoms with Crippen molar-refractivity contribution in [1.82, 2.24) is 5.43 Å². The fraction of sp³-hybridized carbons (Fsp3) is 0.0667. The lowest BCUT2D eigenvalue weighted by atomic mass is 10.2. The highest BCUT2D eigenvalue weighted by Gasteiger charge is 2.09. The summed E-state index contributed by atoms with van der Waals surface area (Å²) in [5, 5.41) is 14.2. The van der Waals surface area contributed by atoms with E-state index in [9.17, 15) is 23.7 Å². The van der Waals surface area contributed by atoms with Gasteiger partial charge < -0.3 is 4.74 Å². The minimum absolute atomic E-state index is 0.0826. The zero-order valence-corrected chi connectivity index (χ0v) is 12.1. The zero-order valence-electron chi connectivity index (χ0n) is 12.1. The van der Waals surface area contributed by atoms with Gasteiger partial charge in [-0.05, 0) is 24.3 Å². The number of carbonyl (C=O) groups is 1. The van der Waals surface area contributed by atoms with Crippen LogP contribution in [0.4, 0.5) is 14.5 Å².